The van der Waals surface area contributed by atoms with E-state index in [0.717, 1.165) is 48.9 Å². The van der Waals surface area contributed by atoms with Crippen LogP contribution in [-0.4, -0.2) is 48.0 Å². The molecule has 2 heterocycles. The number of carbonyl (C=O) groups is 2. The zero-order valence-electron chi connectivity index (χ0n) is 17.1. The average Bonchev–Trinajstić information content (AvgIpc) is 3.25. The van der Waals surface area contributed by atoms with E-state index in [-0.39, 0.29) is 11.7 Å². The van der Waals surface area contributed by atoms with E-state index in [1.807, 2.05) is 24.3 Å². The van der Waals surface area contributed by atoms with Gasteiger partial charge in [-0.25, -0.2) is 9.78 Å². The standard InChI is InChI=1S/C23H24BrN3O4/c24-18-4-2-16(3-5-18)22(28)17-8-11-27(12-9-17)10-1-13-30-23(29)26-19-6-7-21-20(14-19)25-15-31-21/h2-7,14-15,17H,1,8-13H2,(H,26,29). The Kier molecular flexibility index (Phi) is 6.99. The van der Waals surface area contributed by atoms with Crippen LogP contribution in [0.25, 0.3) is 11.1 Å². The molecule has 4 rings (SSSR count). The summed E-state index contributed by atoms with van der Waals surface area (Å²) < 4.78 is 11.4. The third kappa shape index (κ3) is 5.71. The van der Waals surface area contributed by atoms with E-state index in [4.69, 9.17) is 9.15 Å². The summed E-state index contributed by atoms with van der Waals surface area (Å²) in [5.41, 5.74) is 2.74. The van der Waals surface area contributed by atoms with E-state index < -0.39 is 6.09 Å². The monoisotopic (exact) mass is 485 g/mol. The first-order valence-electron chi connectivity index (χ1n) is 10.4. The lowest BCUT2D eigenvalue weighted by Crippen LogP contribution is -2.37. The number of likely N-dealkylation sites (tertiary alicyclic amines) is 1. The number of hydrogen-bond donors (Lipinski definition) is 1. The minimum absolute atomic E-state index is 0.0847. The van der Waals surface area contributed by atoms with Crippen LogP contribution in [0.4, 0.5) is 10.5 Å². The number of fused-ring (bicyclic) bond motifs is 1. The van der Waals surface area contributed by atoms with Gasteiger partial charge in [0.1, 0.15) is 5.52 Å². The average molecular weight is 486 g/mol. The van der Waals surface area contributed by atoms with E-state index in [1.165, 1.54) is 6.39 Å². The highest BCUT2D eigenvalue weighted by atomic mass is 79.9. The van der Waals surface area contributed by atoms with Crippen LogP contribution >= 0.6 is 15.9 Å². The van der Waals surface area contributed by atoms with Gasteiger partial charge in [-0.15, -0.1) is 0 Å². The topological polar surface area (TPSA) is 84.7 Å². The molecular formula is C23H24BrN3O4. The maximum atomic E-state index is 12.7. The first kappa shape index (κ1) is 21.5. The summed E-state index contributed by atoms with van der Waals surface area (Å²) >= 11 is 3.40. The van der Waals surface area contributed by atoms with Gasteiger partial charge in [0.15, 0.2) is 17.8 Å². The van der Waals surface area contributed by atoms with E-state index in [2.05, 4.69) is 31.1 Å². The summed E-state index contributed by atoms with van der Waals surface area (Å²) in [4.78, 5) is 31.0. The van der Waals surface area contributed by atoms with Gasteiger partial charge in [0, 0.05) is 28.2 Å². The molecule has 0 bridgehead atoms. The second kappa shape index (κ2) is 10.1. The number of rotatable bonds is 7. The number of benzene rings is 2. The first-order chi connectivity index (χ1) is 15.1. The molecular weight excluding hydrogens is 462 g/mol. The van der Waals surface area contributed by atoms with Gasteiger partial charge in [-0.05, 0) is 62.7 Å². The van der Waals surface area contributed by atoms with Crippen molar-refractivity contribution in [3.63, 3.8) is 0 Å². The molecule has 162 valence electrons. The van der Waals surface area contributed by atoms with Crippen LogP contribution in [-0.2, 0) is 4.74 Å². The number of ketones is 1. The molecule has 1 N–H and O–H groups in total. The van der Waals surface area contributed by atoms with Crippen LogP contribution in [0, 0.1) is 5.92 Å². The number of halogens is 1. The number of carbonyl (C=O) groups excluding carboxylic acids is 2. The summed E-state index contributed by atoms with van der Waals surface area (Å²) in [6.45, 7) is 2.96. The fourth-order valence-electron chi connectivity index (χ4n) is 3.81. The van der Waals surface area contributed by atoms with E-state index in [0.29, 0.717) is 23.4 Å². The molecule has 8 heteroatoms. The highest BCUT2D eigenvalue weighted by molar-refractivity contribution is 9.10. The Morgan fingerprint density at radius 3 is 2.71 bits per heavy atom. The van der Waals surface area contributed by atoms with Gasteiger partial charge in [0.25, 0.3) is 0 Å². The predicted molar refractivity (Wildman–Crippen MR) is 121 cm³/mol. The van der Waals surface area contributed by atoms with Crippen molar-refractivity contribution in [2.75, 3.05) is 31.6 Å². The van der Waals surface area contributed by atoms with Gasteiger partial charge in [0.05, 0.1) is 6.61 Å². The maximum Gasteiger partial charge on any atom is 0.411 e. The summed E-state index contributed by atoms with van der Waals surface area (Å²) in [6.07, 6.45) is 3.36. The molecule has 1 aliphatic rings. The number of nitrogens with zero attached hydrogens (tertiary/aromatic N) is 2. The summed E-state index contributed by atoms with van der Waals surface area (Å²) in [7, 11) is 0. The molecule has 1 aliphatic heterocycles. The lowest BCUT2D eigenvalue weighted by Gasteiger charge is -2.31. The van der Waals surface area contributed by atoms with Gasteiger partial charge < -0.3 is 14.1 Å². The normalized spacial score (nSPS) is 15.1. The third-order valence-corrected chi connectivity index (χ3v) is 6.04. The second-order valence-electron chi connectivity index (χ2n) is 7.64. The second-order valence-corrected chi connectivity index (χ2v) is 8.55. The Bertz CT molecular complexity index is 1040. The smallest absolute Gasteiger partial charge is 0.411 e. The Morgan fingerprint density at radius 1 is 1.16 bits per heavy atom. The molecule has 7 nitrogen and oxygen atoms in total. The molecule has 2 aromatic carbocycles. The van der Waals surface area contributed by atoms with E-state index in [9.17, 15) is 9.59 Å². The summed E-state index contributed by atoms with van der Waals surface area (Å²) in [6, 6.07) is 12.8. The van der Waals surface area contributed by atoms with Crippen molar-refractivity contribution >= 4 is 44.6 Å². The van der Waals surface area contributed by atoms with Gasteiger partial charge in [0.2, 0.25) is 0 Å². The minimum Gasteiger partial charge on any atom is -0.449 e. The predicted octanol–water partition coefficient (Wildman–Crippen LogP) is 5.12. The Morgan fingerprint density at radius 2 is 1.94 bits per heavy atom. The van der Waals surface area contributed by atoms with Gasteiger partial charge in [-0.2, -0.15) is 0 Å². The highest BCUT2D eigenvalue weighted by Gasteiger charge is 2.25. The Hall–Kier alpha value is -2.71. The lowest BCUT2D eigenvalue weighted by molar-refractivity contribution is 0.0830. The van der Waals surface area contributed by atoms with Crippen molar-refractivity contribution in [1.29, 1.82) is 0 Å². The number of amides is 1. The van der Waals surface area contributed by atoms with Crippen LogP contribution in [0.5, 0.6) is 0 Å². The van der Waals surface area contributed by atoms with E-state index >= 15 is 0 Å². The number of oxazole rings is 1. The number of ether oxygens (including phenoxy) is 1. The quantitative estimate of drug-likeness (QED) is 0.369. The first-order valence-corrected chi connectivity index (χ1v) is 11.2. The van der Waals surface area contributed by atoms with Gasteiger partial charge in [-0.3, -0.25) is 10.1 Å². The lowest BCUT2D eigenvalue weighted by atomic mass is 9.89. The van der Waals surface area contributed by atoms with Crippen LogP contribution in [0.15, 0.2) is 57.7 Å². The molecule has 1 saturated heterocycles. The van der Waals surface area contributed by atoms with Crippen molar-refractivity contribution < 1.29 is 18.7 Å². The van der Waals surface area contributed by atoms with Crippen molar-refractivity contribution in [2.45, 2.75) is 19.3 Å². The fourth-order valence-corrected chi connectivity index (χ4v) is 4.08. The molecule has 3 aromatic rings. The number of nitrogens with one attached hydrogen (secondary N) is 1. The largest absolute Gasteiger partial charge is 0.449 e. The molecule has 31 heavy (non-hydrogen) atoms. The molecule has 0 radical (unpaired) electrons. The van der Waals surface area contributed by atoms with Crippen molar-refractivity contribution in [1.82, 2.24) is 9.88 Å². The number of Topliss-reactive ketones (excluding diaryl/α,β-unsaturated/α-hetero) is 1. The molecule has 0 unspecified atom stereocenters. The van der Waals surface area contributed by atoms with Crippen LogP contribution in [0.1, 0.15) is 29.6 Å². The zero-order chi connectivity index (χ0) is 21.6. The SMILES string of the molecule is O=C(Nc1ccc2ocnc2c1)OCCCN1CCC(C(=O)c2ccc(Br)cc2)CC1. The molecule has 0 aliphatic carbocycles. The van der Waals surface area contributed by atoms with Crippen LogP contribution < -0.4 is 5.32 Å². The molecule has 1 aromatic heterocycles. The molecule has 1 fully saturated rings. The van der Waals surface area contributed by atoms with Gasteiger partial charge >= 0.3 is 6.09 Å². The number of hydrogen-bond acceptors (Lipinski definition) is 6. The van der Waals surface area contributed by atoms with Gasteiger partial charge in [-0.1, -0.05) is 28.1 Å². The molecule has 0 spiro atoms. The Balaban J connectivity index is 1.13. The Labute approximate surface area is 188 Å². The minimum atomic E-state index is -0.485. The maximum absolute atomic E-state index is 12.7. The summed E-state index contributed by atoms with van der Waals surface area (Å²) in [5, 5.41) is 2.70. The zero-order valence-corrected chi connectivity index (χ0v) is 18.6. The number of aromatic nitrogens is 1. The van der Waals surface area contributed by atoms with Crippen LogP contribution in [0.2, 0.25) is 0 Å². The van der Waals surface area contributed by atoms with E-state index in [1.54, 1.807) is 18.2 Å². The molecule has 0 atom stereocenters. The van der Waals surface area contributed by atoms with Crippen LogP contribution in [0.3, 0.4) is 0 Å². The van der Waals surface area contributed by atoms with Crippen molar-refractivity contribution in [2.24, 2.45) is 5.92 Å². The summed E-state index contributed by atoms with van der Waals surface area (Å²) in [5.74, 6) is 0.317. The van der Waals surface area contributed by atoms with Crippen molar-refractivity contribution in [3.05, 3.63) is 58.9 Å². The molecule has 0 saturated carbocycles. The molecule has 1 amide bonds. The number of anilines is 1. The highest BCUT2D eigenvalue weighted by Crippen LogP contribution is 2.23. The third-order valence-electron chi connectivity index (χ3n) is 5.52. The number of piperidine rings is 1. The van der Waals surface area contributed by atoms with Crippen molar-refractivity contribution in [3.8, 4) is 0 Å². The fraction of sp³-hybridized carbons (Fsp3) is 0.348.